The van der Waals surface area contributed by atoms with Crippen molar-refractivity contribution in [2.24, 2.45) is 0 Å². The predicted molar refractivity (Wildman–Crippen MR) is 116 cm³/mol. The monoisotopic (exact) mass is 392 g/mol. The van der Waals surface area contributed by atoms with Crippen molar-refractivity contribution in [2.75, 3.05) is 42.9 Å². The molecule has 1 aromatic carbocycles. The molecule has 1 N–H and O–H groups in total. The Morgan fingerprint density at radius 2 is 1.97 bits per heavy atom. The van der Waals surface area contributed by atoms with E-state index >= 15 is 0 Å². The van der Waals surface area contributed by atoms with E-state index in [1.54, 1.807) is 0 Å². The van der Waals surface area contributed by atoms with Gasteiger partial charge in [0.15, 0.2) is 0 Å². The summed E-state index contributed by atoms with van der Waals surface area (Å²) in [5.41, 5.74) is 2.84. The smallest absolute Gasteiger partial charge is 0.225 e. The van der Waals surface area contributed by atoms with E-state index in [1.807, 2.05) is 49.5 Å². The zero-order valence-corrected chi connectivity index (χ0v) is 17.1. The van der Waals surface area contributed by atoms with Gasteiger partial charge in [0.2, 0.25) is 5.91 Å². The molecule has 0 radical (unpaired) electrons. The van der Waals surface area contributed by atoms with Crippen LogP contribution >= 0.6 is 0 Å². The SMILES string of the molecule is CCn1c(C)nc2cc(NC(=O)CCN3CCN(c4ccccn4)CC3)ccc21. The molecular formula is C22H28N6O. The molecule has 3 aromatic rings. The minimum absolute atomic E-state index is 0.0446. The van der Waals surface area contributed by atoms with Gasteiger partial charge in [0.25, 0.3) is 0 Å². The molecule has 7 nitrogen and oxygen atoms in total. The highest BCUT2D eigenvalue weighted by Crippen LogP contribution is 2.20. The first-order chi connectivity index (χ1) is 14.1. The minimum Gasteiger partial charge on any atom is -0.354 e. The van der Waals surface area contributed by atoms with Crippen molar-refractivity contribution >= 4 is 28.4 Å². The number of carbonyl (C=O) groups excluding carboxylic acids is 1. The van der Waals surface area contributed by atoms with E-state index in [0.717, 1.165) is 67.6 Å². The van der Waals surface area contributed by atoms with E-state index in [9.17, 15) is 4.79 Å². The molecule has 1 saturated heterocycles. The quantitative estimate of drug-likeness (QED) is 0.699. The Hall–Kier alpha value is -2.93. The molecule has 1 amide bonds. The van der Waals surface area contributed by atoms with Gasteiger partial charge in [-0.15, -0.1) is 0 Å². The Morgan fingerprint density at radius 1 is 1.14 bits per heavy atom. The summed E-state index contributed by atoms with van der Waals surface area (Å²) in [7, 11) is 0. The number of carbonyl (C=O) groups is 1. The molecule has 0 saturated carbocycles. The Balaban J connectivity index is 1.27. The molecule has 0 unspecified atom stereocenters. The van der Waals surface area contributed by atoms with E-state index in [1.165, 1.54) is 0 Å². The van der Waals surface area contributed by atoms with Gasteiger partial charge in [-0.2, -0.15) is 0 Å². The number of imidazole rings is 1. The largest absolute Gasteiger partial charge is 0.354 e. The highest BCUT2D eigenvalue weighted by Gasteiger charge is 2.18. The molecule has 1 fully saturated rings. The molecule has 4 rings (SSSR count). The van der Waals surface area contributed by atoms with Crippen LogP contribution in [0.25, 0.3) is 11.0 Å². The lowest BCUT2D eigenvalue weighted by Gasteiger charge is -2.35. The second-order valence-corrected chi connectivity index (χ2v) is 7.42. The average molecular weight is 393 g/mol. The third-order valence-corrected chi connectivity index (χ3v) is 5.54. The fourth-order valence-corrected chi connectivity index (χ4v) is 3.95. The molecule has 7 heteroatoms. The standard InChI is InChI=1S/C22H28N6O/c1-3-28-17(2)24-19-16-18(7-8-20(19)28)25-22(29)9-11-26-12-14-27(15-13-26)21-6-4-5-10-23-21/h4-8,10,16H,3,9,11-15H2,1-2H3,(H,25,29). The van der Waals surface area contributed by atoms with Crippen LogP contribution in [0.2, 0.25) is 0 Å². The Morgan fingerprint density at radius 3 is 2.69 bits per heavy atom. The van der Waals surface area contributed by atoms with Crippen LogP contribution in [0.4, 0.5) is 11.5 Å². The number of piperazine rings is 1. The van der Waals surface area contributed by atoms with E-state index < -0.39 is 0 Å². The maximum atomic E-state index is 12.4. The van der Waals surface area contributed by atoms with Gasteiger partial charge in [0, 0.05) is 57.6 Å². The molecule has 152 valence electrons. The van der Waals surface area contributed by atoms with Crippen molar-refractivity contribution in [1.29, 1.82) is 0 Å². The number of hydrogen-bond acceptors (Lipinski definition) is 5. The third kappa shape index (κ3) is 4.40. The van der Waals surface area contributed by atoms with E-state index in [4.69, 9.17) is 0 Å². The van der Waals surface area contributed by atoms with Crippen LogP contribution in [0.1, 0.15) is 19.2 Å². The lowest BCUT2D eigenvalue weighted by atomic mass is 10.2. The highest BCUT2D eigenvalue weighted by molar-refractivity contribution is 5.93. The molecule has 0 spiro atoms. The van der Waals surface area contributed by atoms with Gasteiger partial charge in [0.1, 0.15) is 11.6 Å². The zero-order chi connectivity index (χ0) is 20.2. The molecule has 2 aromatic heterocycles. The van der Waals surface area contributed by atoms with Crippen molar-refractivity contribution in [2.45, 2.75) is 26.8 Å². The van der Waals surface area contributed by atoms with Crippen LogP contribution < -0.4 is 10.2 Å². The van der Waals surface area contributed by atoms with Gasteiger partial charge >= 0.3 is 0 Å². The van der Waals surface area contributed by atoms with Gasteiger partial charge in [-0.3, -0.25) is 9.69 Å². The molecule has 0 bridgehead atoms. The number of benzene rings is 1. The number of nitrogens with zero attached hydrogens (tertiary/aromatic N) is 5. The summed E-state index contributed by atoms with van der Waals surface area (Å²) in [4.78, 5) is 26.1. The van der Waals surface area contributed by atoms with E-state index in [-0.39, 0.29) is 5.91 Å². The number of hydrogen-bond donors (Lipinski definition) is 1. The van der Waals surface area contributed by atoms with E-state index in [0.29, 0.717) is 6.42 Å². The number of amides is 1. The molecular weight excluding hydrogens is 364 g/mol. The lowest BCUT2D eigenvalue weighted by molar-refractivity contribution is -0.116. The number of anilines is 2. The van der Waals surface area contributed by atoms with Crippen LogP contribution in [0, 0.1) is 6.92 Å². The number of rotatable bonds is 6. The van der Waals surface area contributed by atoms with Crippen molar-refractivity contribution in [3.63, 3.8) is 0 Å². The fourth-order valence-electron chi connectivity index (χ4n) is 3.95. The highest BCUT2D eigenvalue weighted by atomic mass is 16.1. The Labute approximate surface area is 171 Å². The first-order valence-electron chi connectivity index (χ1n) is 10.3. The normalized spacial score (nSPS) is 15.0. The fraction of sp³-hybridized carbons (Fsp3) is 0.409. The number of nitrogens with one attached hydrogen (secondary N) is 1. The molecule has 0 atom stereocenters. The minimum atomic E-state index is 0.0446. The van der Waals surface area contributed by atoms with Crippen molar-refractivity contribution in [1.82, 2.24) is 19.4 Å². The predicted octanol–water partition coefficient (Wildman–Crippen LogP) is 2.91. The summed E-state index contributed by atoms with van der Waals surface area (Å²) in [6, 6.07) is 11.9. The average Bonchev–Trinajstić information content (AvgIpc) is 3.07. The summed E-state index contributed by atoms with van der Waals surface area (Å²) in [5, 5.41) is 3.02. The molecule has 1 aliphatic rings. The third-order valence-electron chi connectivity index (χ3n) is 5.54. The summed E-state index contributed by atoms with van der Waals surface area (Å²) < 4.78 is 2.17. The van der Waals surface area contributed by atoms with Gasteiger partial charge < -0.3 is 14.8 Å². The van der Waals surface area contributed by atoms with Crippen LogP contribution in [-0.4, -0.2) is 58.1 Å². The Bertz CT molecular complexity index is 976. The van der Waals surface area contributed by atoms with Crippen LogP contribution in [0.5, 0.6) is 0 Å². The molecule has 0 aliphatic carbocycles. The first-order valence-corrected chi connectivity index (χ1v) is 10.3. The lowest BCUT2D eigenvalue weighted by Crippen LogP contribution is -2.47. The number of pyridine rings is 1. The second-order valence-electron chi connectivity index (χ2n) is 7.42. The number of aryl methyl sites for hydroxylation is 2. The summed E-state index contributed by atoms with van der Waals surface area (Å²) in [6.07, 6.45) is 2.32. The zero-order valence-electron chi connectivity index (χ0n) is 17.1. The van der Waals surface area contributed by atoms with Crippen molar-refractivity contribution in [3.05, 3.63) is 48.4 Å². The van der Waals surface area contributed by atoms with E-state index in [2.05, 4.69) is 36.6 Å². The van der Waals surface area contributed by atoms with Gasteiger partial charge in [0.05, 0.1) is 11.0 Å². The molecule has 3 heterocycles. The van der Waals surface area contributed by atoms with Crippen molar-refractivity contribution in [3.8, 4) is 0 Å². The second kappa shape index (κ2) is 8.61. The summed E-state index contributed by atoms with van der Waals surface area (Å²) in [6.45, 7) is 9.56. The molecule has 29 heavy (non-hydrogen) atoms. The number of aromatic nitrogens is 3. The van der Waals surface area contributed by atoms with Crippen LogP contribution in [-0.2, 0) is 11.3 Å². The summed E-state index contributed by atoms with van der Waals surface area (Å²) in [5.74, 6) is 2.07. The van der Waals surface area contributed by atoms with Gasteiger partial charge in [-0.1, -0.05) is 6.07 Å². The maximum Gasteiger partial charge on any atom is 0.225 e. The Kier molecular flexibility index (Phi) is 5.76. The summed E-state index contributed by atoms with van der Waals surface area (Å²) >= 11 is 0. The van der Waals surface area contributed by atoms with Gasteiger partial charge in [-0.25, -0.2) is 9.97 Å². The van der Waals surface area contributed by atoms with Crippen molar-refractivity contribution < 1.29 is 4.79 Å². The van der Waals surface area contributed by atoms with Crippen LogP contribution in [0.3, 0.4) is 0 Å². The first kappa shape index (κ1) is 19.4. The number of fused-ring (bicyclic) bond motifs is 1. The topological polar surface area (TPSA) is 66.3 Å². The molecule has 1 aliphatic heterocycles. The maximum absolute atomic E-state index is 12.4. The van der Waals surface area contributed by atoms with Gasteiger partial charge in [-0.05, 0) is 44.2 Å². The van der Waals surface area contributed by atoms with Crippen LogP contribution in [0.15, 0.2) is 42.6 Å².